The Kier molecular flexibility index (Phi) is 5.97. The molecule has 2 N–H and O–H groups in total. The van der Waals surface area contributed by atoms with Gasteiger partial charge < -0.3 is 5.11 Å². The van der Waals surface area contributed by atoms with Gasteiger partial charge in [0.1, 0.15) is 0 Å². The van der Waals surface area contributed by atoms with Crippen LogP contribution in [0.4, 0.5) is 4.79 Å². The van der Waals surface area contributed by atoms with Gasteiger partial charge in [0.2, 0.25) is 0 Å². The lowest BCUT2D eigenvalue weighted by Crippen LogP contribution is -2.53. The van der Waals surface area contributed by atoms with Gasteiger partial charge in [-0.3, -0.25) is 4.90 Å². The molecule has 0 radical (unpaired) electrons. The smallest absolute Gasteiger partial charge is 0.422 e. The molecule has 1 saturated heterocycles. The van der Waals surface area contributed by atoms with Crippen molar-refractivity contribution in [3.8, 4) is 0 Å². The number of nitrogens with zero attached hydrogens (tertiary/aromatic N) is 2. The number of hydrogen-bond acceptors (Lipinski definition) is 3. The Morgan fingerprint density at radius 1 is 1.32 bits per heavy atom. The van der Waals surface area contributed by atoms with Crippen LogP contribution in [0.25, 0.3) is 0 Å². The molecule has 1 saturated carbocycles. The summed E-state index contributed by atoms with van der Waals surface area (Å²) >= 11 is 0. The molecule has 4 atom stereocenters. The van der Waals surface area contributed by atoms with E-state index >= 15 is 0 Å². The second-order valence-corrected chi connectivity index (χ2v) is 7.71. The van der Waals surface area contributed by atoms with E-state index in [-0.39, 0.29) is 12.1 Å². The van der Waals surface area contributed by atoms with Crippen molar-refractivity contribution in [1.82, 2.24) is 15.3 Å². The second-order valence-electron chi connectivity index (χ2n) is 7.71. The highest BCUT2D eigenvalue weighted by atomic mass is 16.4. The Balaban J connectivity index is 1.58. The highest BCUT2D eigenvalue weighted by molar-refractivity contribution is 5.64. The number of likely N-dealkylation sites (tertiary alicyclic amines) is 1. The van der Waals surface area contributed by atoms with Crippen LogP contribution < -0.4 is 5.43 Å². The summed E-state index contributed by atoms with van der Waals surface area (Å²) in [5.74, 6) is 1.25. The largest absolute Gasteiger partial charge is 0.464 e. The lowest BCUT2D eigenvalue weighted by molar-refractivity contribution is 0.0746. The third-order valence-corrected chi connectivity index (χ3v) is 5.84. The van der Waals surface area contributed by atoms with Gasteiger partial charge in [-0.25, -0.2) is 15.2 Å². The van der Waals surface area contributed by atoms with Crippen LogP contribution >= 0.6 is 0 Å². The first-order valence-electron chi connectivity index (χ1n) is 9.63. The summed E-state index contributed by atoms with van der Waals surface area (Å²) < 4.78 is 0. The number of hydrogen-bond donors (Lipinski definition) is 2. The molecule has 1 aromatic rings. The van der Waals surface area contributed by atoms with Gasteiger partial charge in [0.15, 0.2) is 0 Å². The van der Waals surface area contributed by atoms with Crippen LogP contribution in [0, 0.1) is 11.8 Å². The van der Waals surface area contributed by atoms with Gasteiger partial charge >= 0.3 is 6.09 Å². The van der Waals surface area contributed by atoms with Crippen molar-refractivity contribution in [3.63, 3.8) is 0 Å². The molecule has 1 aromatic carbocycles. The van der Waals surface area contributed by atoms with Crippen molar-refractivity contribution in [2.75, 3.05) is 13.1 Å². The minimum atomic E-state index is -0.858. The molecule has 4 unspecified atom stereocenters. The van der Waals surface area contributed by atoms with Gasteiger partial charge in [-0.05, 0) is 43.6 Å². The Hall–Kier alpha value is -1.59. The second kappa shape index (κ2) is 8.19. The zero-order valence-electron chi connectivity index (χ0n) is 15.4. The average Bonchev–Trinajstić information content (AvgIpc) is 3.14. The third kappa shape index (κ3) is 4.33. The molecule has 3 rings (SSSR count). The molecule has 2 aliphatic rings. The predicted molar refractivity (Wildman–Crippen MR) is 99.1 cm³/mol. The number of carboxylic acid groups (broad SMARTS) is 1. The van der Waals surface area contributed by atoms with E-state index < -0.39 is 6.09 Å². The molecule has 1 aliphatic heterocycles. The Bertz CT molecular complexity index is 565. The molecule has 5 heteroatoms. The first-order valence-corrected chi connectivity index (χ1v) is 9.63. The summed E-state index contributed by atoms with van der Waals surface area (Å²) in [6.07, 6.45) is 3.30. The fourth-order valence-electron chi connectivity index (χ4n) is 4.59. The summed E-state index contributed by atoms with van der Waals surface area (Å²) in [5.41, 5.74) is 4.72. The van der Waals surface area contributed by atoms with Crippen LogP contribution in [0.3, 0.4) is 0 Å². The van der Waals surface area contributed by atoms with E-state index in [2.05, 4.69) is 47.6 Å². The zero-order chi connectivity index (χ0) is 17.8. The summed E-state index contributed by atoms with van der Waals surface area (Å²) in [4.78, 5) is 14.2. The van der Waals surface area contributed by atoms with E-state index in [0.717, 1.165) is 38.9 Å². The zero-order valence-corrected chi connectivity index (χ0v) is 15.4. The summed E-state index contributed by atoms with van der Waals surface area (Å²) in [5, 5.41) is 11.0. The molecule has 0 aromatic heterocycles. The maximum atomic E-state index is 11.7. The molecule has 0 spiro atoms. The maximum absolute atomic E-state index is 11.7. The van der Waals surface area contributed by atoms with Crippen molar-refractivity contribution < 1.29 is 9.90 Å². The van der Waals surface area contributed by atoms with Crippen LogP contribution in [0.2, 0.25) is 0 Å². The van der Waals surface area contributed by atoms with Crippen LogP contribution in [0.5, 0.6) is 0 Å². The number of benzene rings is 1. The minimum absolute atomic E-state index is 0.0170. The summed E-state index contributed by atoms with van der Waals surface area (Å²) in [7, 11) is 0. The van der Waals surface area contributed by atoms with E-state index in [1.165, 1.54) is 17.0 Å². The first-order chi connectivity index (χ1) is 12.1. The Labute approximate surface area is 151 Å². The molecule has 138 valence electrons. The van der Waals surface area contributed by atoms with Crippen molar-refractivity contribution in [2.24, 2.45) is 11.8 Å². The van der Waals surface area contributed by atoms with E-state index in [0.29, 0.717) is 11.8 Å². The maximum Gasteiger partial charge on any atom is 0.422 e. The van der Waals surface area contributed by atoms with E-state index in [1.54, 1.807) is 0 Å². The fourth-order valence-corrected chi connectivity index (χ4v) is 4.59. The highest BCUT2D eigenvalue weighted by Crippen LogP contribution is 2.39. The van der Waals surface area contributed by atoms with Gasteiger partial charge in [0, 0.05) is 31.7 Å². The van der Waals surface area contributed by atoms with Gasteiger partial charge in [0.05, 0.1) is 0 Å². The minimum Gasteiger partial charge on any atom is -0.464 e. The molecule has 2 fully saturated rings. The molecule has 0 bridgehead atoms. The third-order valence-electron chi connectivity index (χ3n) is 5.84. The van der Waals surface area contributed by atoms with E-state index in [1.807, 2.05) is 6.92 Å². The van der Waals surface area contributed by atoms with Crippen LogP contribution in [-0.4, -0.2) is 46.3 Å². The molecular weight excluding hydrogens is 314 g/mol. The number of rotatable bonds is 7. The molecule has 1 amide bonds. The molecular formula is C20H31N3O2. The van der Waals surface area contributed by atoms with Crippen molar-refractivity contribution >= 4 is 6.09 Å². The van der Waals surface area contributed by atoms with Crippen molar-refractivity contribution in [1.29, 1.82) is 0 Å². The lowest BCUT2D eigenvalue weighted by atomic mass is 9.98. The number of fused-ring (bicyclic) bond motifs is 1. The number of nitrogens with one attached hydrogen (secondary N) is 1. The van der Waals surface area contributed by atoms with E-state index in [4.69, 9.17) is 0 Å². The van der Waals surface area contributed by atoms with Crippen LogP contribution in [-0.2, 0) is 6.54 Å². The molecule has 25 heavy (non-hydrogen) atoms. The summed E-state index contributed by atoms with van der Waals surface area (Å²) in [6, 6.07) is 10.9. The Morgan fingerprint density at radius 3 is 2.76 bits per heavy atom. The van der Waals surface area contributed by atoms with Gasteiger partial charge in [-0.2, -0.15) is 0 Å². The summed E-state index contributed by atoms with van der Waals surface area (Å²) in [6.45, 7) is 7.28. The van der Waals surface area contributed by atoms with Crippen LogP contribution in [0.15, 0.2) is 30.3 Å². The first kappa shape index (κ1) is 18.2. The van der Waals surface area contributed by atoms with Crippen LogP contribution in [0.1, 0.15) is 45.1 Å². The quantitative estimate of drug-likeness (QED) is 0.742. The molecule has 1 aliphatic carbocycles. The lowest BCUT2D eigenvalue weighted by Gasteiger charge is -2.32. The van der Waals surface area contributed by atoms with Gasteiger partial charge in [-0.1, -0.05) is 43.7 Å². The topological polar surface area (TPSA) is 55.8 Å². The Morgan fingerprint density at radius 2 is 2.08 bits per heavy atom. The standard InChI is InChI=1S/C20H31N3O2/c1-3-7-15(2)23(20(24)25)21-19-11-10-17-13-22(14-18(17)19)12-16-8-5-4-6-9-16/h4-6,8-9,15,17-19,21H,3,7,10-14H2,1-2H3,(H,24,25). The monoisotopic (exact) mass is 345 g/mol. The number of hydrazine groups is 1. The predicted octanol–water partition coefficient (Wildman–Crippen LogP) is 3.57. The number of amides is 1. The van der Waals surface area contributed by atoms with Gasteiger partial charge in [-0.15, -0.1) is 0 Å². The van der Waals surface area contributed by atoms with Gasteiger partial charge in [0.25, 0.3) is 0 Å². The van der Waals surface area contributed by atoms with Crippen molar-refractivity contribution in [2.45, 2.75) is 58.2 Å². The van der Waals surface area contributed by atoms with E-state index in [9.17, 15) is 9.90 Å². The molecule has 1 heterocycles. The average molecular weight is 345 g/mol. The highest BCUT2D eigenvalue weighted by Gasteiger charge is 2.43. The fraction of sp³-hybridized carbons (Fsp3) is 0.650. The molecule has 5 nitrogen and oxygen atoms in total. The number of carbonyl (C=O) groups is 1. The van der Waals surface area contributed by atoms with Crippen molar-refractivity contribution in [3.05, 3.63) is 35.9 Å². The SMILES string of the molecule is CCCC(C)N(NC1CCC2CN(Cc3ccccc3)CC21)C(=O)O. The normalized spacial score (nSPS) is 27.2.